The van der Waals surface area contributed by atoms with E-state index in [1.165, 1.54) is 5.56 Å². The molecule has 2 rings (SSSR count). The van der Waals surface area contributed by atoms with Crippen LogP contribution < -0.4 is 5.32 Å². The number of rotatable bonds is 2. The number of nitrogens with zero attached hydrogens (tertiary/aromatic N) is 1. The number of thioether (sulfide) groups is 1. The normalized spacial score (nSPS) is 14.1. The molecule has 15 heavy (non-hydrogen) atoms. The third kappa shape index (κ3) is 4.17. The summed E-state index contributed by atoms with van der Waals surface area (Å²) >= 11 is 5.19. The molecule has 82 valence electrons. The van der Waals surface area contributed by atoms with E-state index in [9.17, 15) is 0 Å². The van der Waals surface area contributed by atoms with Gasteiger partial charge in [0.15, 0.2) is 5.17 Å². The largest absolute Gasteiger partial charge is 0.363 e. The van der Waals surface area contributed by atoms with E-state index >= 15 is 0 Å². The molecule has 1 heterocycles. The molecule has 0 unspecified atom stereocenters. The lowest BCUT2D eigenvalue weighted by molar-refractivity contribution is 0.963. The van der Waals surface area contributed by atoms with Crippen molar-refractivity contribution in [2.75, 3.05) is 13.1 Å². The van der Waals surface area contributed by atoms with Gasteiger partial charge >= 0.3 is 0 Å². The monoisotopic (exact) mass is 350 g/mol. The number of aliphatic imine (C=N–C) groups is 1. The SMILES string of the molecule is Br.Brc1ccc(CSC2=NCCN2)cc1. The lowest BCUT2D eigenvalue weighted by Crippen LogP contribution is -2.14. The Morgan fingerprint density at radius 1 is 1.33 bits per heavy atom. The van der Waals surface area contributed by atoms with Gasteiger partial charge in [-0.05, 0) is 17.7 Å². The zero-order valence-electron chi connectivity index (χ0n) is 8.07. The molecule has 0 saturated heterocycles. The van der Waals surface area contributed by atoms with Crippen molar-refractivity contribution in [1.82, 2.24) is 5.32 Å². The fourth-order valence-corrected chi connectivity index (χ4v) is 2.35. The van der Waals surface area contributed by atoms with Crippen LogP contribution in [0.2, 0.25) is 0 Å². The molecule has 1 aliphatic heterocycles. The molecule has 0 radical (unpaired) electrons. The van der Waals surface area contributed by atoms with E-state index in [2.05, 4.69) is 50.5 Å². The van der Waals surface area contributed by atoms with Crippen LogP contribution in [-0.4, -0.2) is 18.3 Å². The lowest BCUT2D eigenvalue weighted by atomic mass is 10.2. The van der Waals surface area contributed by atoms with E-state index < -0.39 is 0 Å². The molecule has 1 aromatic rings. The van der Waals surface area contributed by atoms with Crippen LogP contribution >= 0.6 is 44.7 Å². The highest BCUT2D eigenvalue weighted by Crippen LogP contribution is 2.17. The van der Waals surface area contributed by atoms with Gasteiger partial charge in [0.05, 0.1) is 6.54 Å². The molecule has 0 spiro atoms. The molecule has 0 bridgehead atoms. The summed E-state index contributed by atoms with van der Waals surface area (Å²) in [6.07, 6.45) is 0. The molecular weight excluding hydrogens is 340 g/mol. The minimum Gasteiger partial charge on any atom is -0.363 e. The molecule has 0 atom stereocenters. The van der Waals surface area contributed by atoms with Crippen molar-refractivity contribution in [2.24, 2.45) is 4.99 Å². The van der Waals surface area contributed by atoms with Gasteiger partial charge in [0, 0.05) is 16.8 Å². The molecular formula is C10H12Br2N2S. The third-order valence-corrected chi connectivity index (χ3v) is 3.49. The van der Waals surface area contributed by atoms with Gasteiger partial charge < -0.3 is 5.32 Å². The van der Waals surface area contributed by atoms with Crippen LogP contribution in [-0.2, 0) is 5.75 Å². The van der Waals surface area contributed by atoms with Crippen molar-refractivity contribution in [1.29, 1.82) is 0 Å². The maximum absolute atomic E-state index is 4.33. The van der Waals surface area contributed by atoms with E-state index in [4.69, 9.17) is 0 Å². The summed E-state index contributed by atoms with van der Waals surface area (Å²) in [6, 6.07) is 8.40. The second-order valence-electron chi connectivity index (χ2n) is 3.03. The number of hydrogen-bond acceptors (Lipinski definition) is 3. The van der Waals surface area contributed by atoms with Gasteiger partial charge in [-0.3, -0.25) is 4.99 Å². The molecule has 1 N–H and O–H groups in total. The van der Waals surface area contributed by atoms with E-state index in [1.807, 2.05) is 0 Å². The summed E-state index contributed by atoms with van der Waals surface area (Å²) in [7, 11) is 0. The molecule has 0 fully saturated rings. The minimum atomic E-state index is 0. The smallest absolute Gasteiger partial charge is 0.157 e. The van der Waals surface area contributed by atoms with E-state index in [0.717, 1.165) is 28.5 Å². The van der Waals surface area contributed by atoms with Gasteiger partial charge in [0.1, 0.15) is 0 Å². The topological polar surface area (TPSA) is 24.4 Å². The van der Waals surface area contributed by atoms with Crippen molar-refractivity contribution in [3.8, 4) is 0 Å². The molecule has 0 aliphatic carbocycles. The minimum absolute atomic E-state index is 0. The van der Waals surface area contributed by atoms with Gasteiger partial charge in [0.25, 0.3) is 0 Å². The van der Waals surface area contributed by atoms with Gasteiger partial charge in [-0.2, -0.15) is 0 Å². The zero-order chi connectivity index (χ0) is 9.80. The first-order valence-corrected chi connectivity index (χ1v) is 6.28. The van der Waals surface area contributed by atoms with Crippen LogP contribution in [0.5, 0.6) is 0 Å². The zero-order valence-corrected chi connectivity index (χ0v) is 12.2. The maximum Gasteiger partial charge on any atom is 0.157 e. The number of benzene rings is 1. The second-order valence-corrected chi connectivity index (χ2v) is 4.91. The van der Waals surface area contributed by atoms with Crippen molar-refractivity contribution in [3.05, 3.63) is 34.3 Å². The maximum atomic E-state index is 4.33. The first kappa shape index (κ1) is 13.1. The van der Waals surface area contributed by atoms with Gasteiger partial charge in [-0.25, -0.2) is 0 Å². The lowest BCUT2D eigenvalue weighted by Gasteiger charge is -2.02. The van der Waals surface area contributed by atoms with Crippen LogP contribution in [0.1, 0.15) is 5.56 Å². The second kappa shape index (κ2) is 6.55. The average molecular weight is 352 g/mol. The first-order valence-electron chi connectivity index (χ1n) is 4.50. The van der Waals surface area contributed by atoms with E-state index in [1.54, 1.807) is 11.8 Å². The highest BCUT2D eigenvalue weighted by atomic mass is 79.9. The summed E-state index contributed by atoms with van der Waals surface area (Å²) < 4.78 is 1.13. The summed E-state index contributed by atoms with van der Waals surface area (Å²) in [5.41, 5.74) is 1.33. The molecule has 0 aromatic heterocycles. The third-order valence-electron chi connectivity index (χ3n) is 1.93. The first-order chi connectivity index (χ1) is 6.84. The highest BCUT2D eigenvalue weighted by molar-refractivity contribution is 9.10. The van der Waals surface area contributed by atoms with E-state index in [0.29, 0.717) is 0 Å². The fraction of sp³-hybridized carbons (Fsp3) is 0.300. The van der Waals surface area contributed by atoms with Gasteiger partial charge in [-0.1, -0.05) is 39.8 Å². The highest BCUT2D eigenvalue weighted by Gasteiger charge is 2.05. The molecule has 1 aromatic carbocycles. The summed E-state index contributed by atoms with van der Waals surface area (Å²) in [4.78, 5) is 4.33. The van der Waals surface area contributed by atoms with Crippen molar-refractivity contribution in [3.63, 3.8) is 0 Å². The van der Waals surface area contributed by atoms with Gasteiger partial charge in [-0.15, -0.1) is 17.0 Å². The summed E-state index contributed by atoms with van der Waals surface area (Å²) in [6.45, 7) is 1.91. The Morgan fingerprint density at radius 3 is 2.67 bits per heavy atom. The van der Waals surface area contributed by atoms with E-state index in [-0.39, 0.29) is 17.0 Å². The molecule has 5 heteroatoms. The number of halogens is 2. The van der Waals surface area contributed by atoms with Gasteiger partial charge in [0.2, 0.25) is 0 Å². The number of hydrogen-bond donors (Lipinski definition) is 1. The predicted octanol–water partition coefficient (Wildman–Crippen LogP) is 3.22. The van der Waals surface area contributed by atoms with Crippen LogP contribution in [0.15, 0.2) is 33.7 Å². The molecule has 0 saturated carbocycles. The Balaban J connectivity index is 0.00000112. The molecule has 0 amide bonds. The Labute approximate surface area is 113 Å². The number of amidine groups is 1. The summed E-state index contributed by atoms with van der Waals surface area (Å²) in [5.74, 6) is 0.985. The van der Waals surface area contributed by atoms with Crippen molar-refractivity contribution >= 4 is 49.8 Å². The van der Waals surface area contributed by atoms with Crippen molar-refractivity contribution < 1.29 is 0 Å². The van der Waals surface area contributed by atoms with Crippen LogP contribution in [0.4, 0.5) is 0 Å². The molecule has 2 nitrogen and oxygen atoms in total. The Kier molecular flexibility index (Phi) is 5.71. The average Bonchev–Trinajstić information content (AvgIpc) is 2.70. The van der Waals surface area contributed by atoms with Crippen molar-refractivity contribution in [2.45, 2.75) is 5.75 Å². The Hall–Kier alpha value is -0.000000000000000111. The Morgan fingerprint density at radius 2 is 2.07 bits per heavy atom. The number of nitrogens with one attached hydrogen (secondary N) is 1. The fourth-order valence-electron chi connectivity index (χ4n) is 1.21. The molecule has 1 aliphatic rings. The standard InChI is InChI=1S/C10H11BrN2S.BrH/c11-9-3-1-8(2-4-9)7-14-10-12-5-6-13-10;/h1-4H,5-7H2,(H,12,13);1H. The predicted molar refractivity (Wildman–Crippen MR) is 76.1 cm³/mol. The van der Waals surface area contributed by atoms with Crippen LogP contribution in [0.3, 0.4) is 0 Å². The quantitative estimate of drug-likeness (QED) is 0.884. The van der Waals surface area contributed by atoms with Crippen LogP contribution in [0.25, 0.3) is 0 Å². The summed E-state index contributed by atoms with van der Waals surface area (Å²) in [5, 5.41) is 4.32. The Bertz CT molecular complexity index is 338. The van der Waals surface area contributed by atoms with Crippen LogP contribution in [0, 0.1) is 0 Å².